The number of halogens is 2. The topological polar surface area (TPSA) is 59.8 Å². The third kappa shape index (κ3) is 4.30. The molecule has 1 N–H and O–H groups in total. The fourth-order valence-electron chi connectivity index (χ4n) is 2.88. The molecule has 0 spiro atoms. The van der Waals surface area contributed by atoms with E-state index in [-0.39, 0.29) is 5.69 Å². The van der Waals surface area contributed by atoms with Crippen molar-refractivity contribution in [2.75, 3.05) is 5.32 Å². The highest BCUT2D eigenvalue weighted by Gasteiger charge is 2.11. The molecule has 4 rings (SSSR count). The SMILES string of the molecule is O=C(/C=C/c1cn(-c2ccccc2)nc1-c1cccnc1)Nc1ccc(F)cc1F. The van der Waals surface area contributed by atoms with Gasteiger partial charge in [0.2, 0.25) is 5.91 Å². The van der Waals surface area contributed by atoms with Gasteiger partial charge in [0.1, 0.15) is 17.3 Å². The Balaban J connectivity index is 1.63. The summed E-state index contributed by atoms with van der Waals surface area (Å²) in [5, 5.41) is 7.03. The quantitative estimate of drug-likeness (QED) is 0.485. The molecule has 4 aromatic rings. The fourth-order valence-corrected chi connectivity index (χ4v) is 2.88. The van der Waals surface area contributed by atoms with E-state index in [1.165, 1.54) is 12.1 Å². The Hall–Kier alpha value is -4.13. The second-order valence-corrected chi connectivity index (χ2v) is 6.40. The van der Waals surface area contributed by atoms with E-state index < -0.39 is 17.5 Å². The monoisotopic (exact) mass is 402 g/mol. The van der Waals surface area contributed by atoms with Gasteiger partial charge < -0.3 is 5.32 Å². The second kappa shape index (κ2) is 8.48. The van der Waals surface area contributed by atoms with Crippen molar-refractivity contribution in [3.05, 3.63) is 103 Å². The Morgan fingerprint density at radius 2 is 1.87 bits per heavy atom. The summed E-state index contributed by atoms with van der Waals surface area (Å²) >= 11 is 0. The zero-order valence-corrected chi connectivity index (χ0v) is 15.7. The first-order valence-electron chi connectivity index (χ1n) is 9.10. The zero-order valence-electron chi connectivity index (χ0n) is 15.7. The average Bonchev–Trinajstić information content (AvgIpc) is 3.20. The molecule has 148 valence electrons. The first kappa shape index (κ1) is 19.2. The molecule has 0 aliphatic rings. The molecule has 0 fully saturated rings. The normalized spacial score (nSPS) is 11.0. The number of benzene rings is 2. The summed E-state index contributed by atoms with van der Waals surface area (Å²) < 4.78 is 28.5. The number of nitrogens with one attached hydrogen (secondary N) is 1. The van der Waals surface area contributed by atoms with Crippen molar-refractivity contribution in [3.8, 4) is 16.9 Å². The number of amides is 1. The summed E-state index contributed by atoms with van der Waals surface area (Å²) in [7, 11) is 0. The number of hydrogen-bond donors (Lipinski definition) is 1. The molecule has 0 bridgehead atoms. The van der Waals surface area contributed by atoms with Gasteiger partial charge in [-0.1, -0.05) is 18.2 Å². The number of para-hydroxylation sites is 1. The average molecular weight is 402 g/mol. The minimum absolute atomic E-state index is 0.0986. The molecule has 7 heteroatoms. The molecule has 0 saturated carbocycles. The molecular weight excluding hydrogens is 386 g/mol. The van der Waals surface area contributed by atoms with Crippen LogP contribution in [0.3, 0.4) is 0 Å². The lowest BCUT2D eigenvalue weighted by Gasteiger charge is -2.03. The number of carbonyl (C=O) groups excluding carboxylic acids is 1. The Morgan fingerprint density at radius 1 is 1.03 bits per heavy atom. The largest absolute Gasteiger partial charge is 0.320 e. The van der Waals surface area contributed by atoms with Gasteiger partial charge in [-0.25, -0.2) is 13.5 Å². The molecule has 1 amide bonds. The third-order valence-electron chi connectivity index (χ3n) is 4.30. The minimum Gasteiger partial charge on any atom is -0.320 e. The summed E-state index contributed by atoms with van der Waals surface area (Å²) in [6.45, 7) is 0. The van der Waals surface area contributed by atoms with Gasteiger partial charge >= 0.3 is 0 Å². The van der Waals surface area contributed by atoms with Gasteiger partial charge in [0, 0.05) is 41.9 Å². The standard InChI is InChI=1S/C23H16F2N4O/c24-18-9-10-21(20(25)13-18)27-22(30)11-8-17-15-29(19-6-2-1-3-7-19)28-23(17)16-5-4-12-26-14-16/h1-15H,(H,27,30)/b11-8+. The van der Waals surface area contributed by atoms with E-state index in [4.69, 9.17) is 0 Å². The van der Waals surface area contributed by atoms with Gasteiger partial charge in [0.25, 0.3) is 0 Å². The lowest BCUT2D eigenvalue weighted by Crippen LogP contribution is -2.09. The molecule has 0 aliphatic heterocycles. The van der Waals surface area contributed by atoms with Crippen LogP contribution in [0.2, 0.25) is 0 Å². The van der Waals surface area contributed by atoms with Crippen molar-refractivity contribution in [2.24, 2.45) is 0 Å². The van der Waals surface area contributed by atoms with Gasteiger partial charge in [0.05, 0.1) is 11.4 Å². The molecule has 2 heterocycles. The molecule has 0 unspecified atom stereocenters. The maximum absolute atomic E-state index is 13.8. The van der Waals surface area contributed by atoms with Gasteiger partial charge in [0.15, 0.2) is 0 Å². The highest BCUT2D eigenvalue weighted by atomic mass is 19.1. The number of anilines is 1. The Kier molecular flexibility index (Phi) is 5.43. The van der Waals surface area contributed by atoms with E-state index in [0.717, 1.165) is 17.3 Å². The van der Waals surface area contributed by atoms with Crippen LogP contribution in [0.15, 0.2) is 85.3 Å². The van der Waals surface area contributed by atoms with Crippen LogP contribution < -0.4 is 5.32 Å². The van der Waals surface area contributed by atoms with E-state index in [1.807, 2.05) is 36.4 Å². The Labute approximate surface area is 171 Å². The van der Waals surface area contributed by atoms with Gasteiger partial charge in [-0.2, -0.15) is 5.10 Å². The minimum atomic E-state index is -0.843. The smallest absolute Gasteiger partial charge is 0.248 e. The van der Waals surface area contributed by atoms with Crippen molar-refractivity contribution in [1.82, 2.24) is 14.8 Å². The number of hydrogen-bond acceptors (Lipinski definition) is 3. The highest BCUT2D eigenvalue weighted by Crippen LogP contribution is 2.24. The summed E-state index contributed by atoms with van der Waals surface area (Å²) in [4.78, 5) is 16.4. The number of pyridine rings is 1. The van der Waals surface area contributed by atoms with Crippen LogP contribution in [0.25, 0.3) is 23.0 Å². The van der Waals surface area contributed by atoms with Crippen LogP contribution in [-0.4, -0.2) is 20.7 Å². The van der Waals surface area contributed by atoms with E-state index in [2.05, 4.69) is 15.4 Å². The number of aromatic nitrogens is 3. The van der Waals surface area contributed by atoms with Crippen LogP contribution in [0.4, 0.5) is 14.5 Å². The van der Waals surface area contributed by atoms with Crippen molar-refractivity contribution in [3.63, 3.8) is 0 Å². The molecular formula is C23H16F2N4O. The molecule has 0 saturated heterocycles. The zero-order chi connectivity index (χ0) is 20.9. The number of carbonyl (C=O) groups is 1. The predicted octanol–water partition coefficient (Wildman–Crippen LogP) is 4.86. The van der Waals surface area contributed by atoms with Crippen molar-refractivity contribution >= 4 is 17.7 Å². The number of nitrogens with zero attached hydrogens (tertiary/aromatic N) is 3. The maximum Gasteiger partial charge on any atom is 0.248 e. The first-order valence-corrected chi connectivity index (χ1v) is 9.10. The molecule has 2 aromatic heterocycles. The third-order valence-corrected chi connectivity index (χ3v) is 4.30. The van der Waals surface area contributed by atoms with Gasteiger partial charge in [-0.3, -0.25) is 9.78 Å². The molecule has 2 aromatic carbocycles. The predicted molar refractivity (Wildman–Crippen MR) is 111 cm³/mol. The number of rotatable bonds is 5. The molecule has 5 nitrogen and oxygen atoms in total. The van der Waals surface area contributed by atoms with Gasteiger partial charge in [-0.05, 0) is 42.5 Å². The molecule has 30 heavy (non-hydrogen) atoms. The summed E-state index contributed by atoms with van der Waals surface area (Å²) in [5.41, 5.74) is 2.88. The summed E-state index contributed by atoms with van der Waals surface area (Å²) in [6, 6.07) is 16.2. The summed E-state index contributed by atoms with van der Waals surface area (Å²) in [6.07, 6.45) is 8.00. The van der Waals surface area contributed by atoms with Crippen LogP contribution >= 0.6 is 0 Å². The molecule has 0 aliphatic carbocycles. The fraction of sp³-hybridized carbons (Fsp3) is 0. The van der Waals surface area contributed by atoms with Crippen LogP contribution in [0.5, 0.6) is 0 Å². The Morgan fingerprint density at radius 3 is 2.60 bits per heavy atom. The van der Waals surface area contributed by atoms with Crippen LogP contribution in [-0.2, 0) is 4.79 Å². The van der Waals surface area contributed by atoms with Crippen LogP contribution in [0.1, 0.15) is 5.56 Å². The lowest BCUT2D eigenvalue weighted by atomic mass is 10.1. The van der Waals surface area contributed by atoms with Crippen molar-refractivity contribution in [1.29, 1.82) is 0 Å². The van der Waals surface area contributed by atoms with E-state index >= 15 is 0 Å². The first-order chi connectivity index (χ1) is 14.6. The van der Waals surface area contributed by atoms with Crippen molar-refractivity contribution in [2.45, 2.75) is 0 Å². The van der Waals surface area contributed by atoms with E-state index in [9.17, 15) is 13.6 Å². The van der Waals surface area contributed by atoms with Crippen LogP contribution in [0, 0.1) is 11.6 Å². The molecule has 0 radical (unpaired) electrons. The van der Waals surface area contributed by atoms with E-state index in [1.54, 1.807) is 35.4 Å². The maximum atomic E-state index is 13.8. The highest BCUT2D eigenvalue weighted by molar-refractivity contribution is 6.02. The molecule has 0 atom stereocenters. The lowest BCUT2D eigenvalue weighted by molar-refractivity contribution is -0.111. The Bertz CT molecular complexity index is 1200. The summed E-state index contributed by atoms with van der Waals surface area (Å²) in [5.74, 6) is -2.11. The van der Waals surface area contributed by atoms with Crippen molar-refractivity contribution < 1.29 is 13.6 Å². The second-order valence-electron chi connectivity index (χ2n) is 6.40. The van der Waals surface area contributed by atoms with Gasteiger partial charge in [-0.15, -0.1) is 0 Å². The van der Waals surface area contributed by atoms with E-state index in [0.29, 0.717) is 17.3 Å².